The lowest BCUT2D eigenvalue weighted by Gasteiger charge is -2.17. The zero-order valence-electron chi connectivity index (χ0n) is 11.5. The predicted octanol–water partition coefficient (Wildman–Crippen LogP) is 2.82. The van der Waals surface area contributed by atoms with E-state index in [-0.39, 0.29) is 0 Å². The lowest BCUT2D eigenvalue weighted by molar-refractivity contribution is 1.21. The lowest BCUT2D eigenvalue weighted by atomic mass is 9.88. The van der Waals surface area contributed by atoms with E-state index in [1.165, 1.54) is 38.1 Å². The van der Waals surface area contributed by atoms with Crippen molar-refractivity contribution in [1.82, 2.24) is 4.98 Å². The highest BCUT2D eigenvalue weighted by atomic mass is 14.7. The summed E-state index contributed by atoms with van der Waals surface area (Å²) in [4.78, 5) is 4.61. The van der Waals surface area contributed by atoms with Gasteiger partial charge < -0.3 is 0 Å². The number of allylic oxidation sites excluding steroid dienone is 1. The minimum absolute atomic E-state index is 0.979. The number of benzene rings is 2. The number of hydrogen-bond donors (Lipinski definition) is 0. The molecule has 2 aromatic carbocycles. The van der Waals surface area contributed by atoms with E-state index >= 15 is 0 Å². The molecule has 0 fully saturated rings. The molecule has 0 unspecified atom stereocenters. The largest absolute Gasteiger partial charge is 0.256 e. The van der Waals surface area contributed by atoms with E-state index in [0.29, 0.717) is 0 Å². The summed E-state index contributed by atoms with van der Waals surface area (Å²) < 4.78 is 0. The molecule has 0 aliphatic heterocycles. The van der Waals surface area contributed by atoms with Crippen LogP contribution in [0.25, 0.3) is 28.6 Å². The van der Waals surface area contributed by atoms with Crippen LogP contribution in [0.2, 0.25) is 0 Å². The van der Waals surface area contributed by atoms with Crippen LogP contribution < -0.4 is 10.4 Å². The molecular formula is C20H13N. The fourth-order valence-corrected chi connectivity index (χ4v) is 3.50. The Bertz CT molecular complexity index is 1050. The monoisotopic (exact) mass is 267 g/mol. The molecule has 0 saturated carbocycles. The zero-order valence-corrected chi connectivity index (χ0v) is 11.5. The van der Waals surface area contributed by atoms with Crippen LogP contribution in [0.3, 0.4) is 0 Å². The van der Waals surface area contributed by atoms with Gasteiger partial charge in [0.1, 0.15) is 0 Å². The van der Waals surface area contributed by atoms with Crippen molar-refractivity contribution in [3.8, 4) is 0 Å². The average Bonchev–Trinajstić information content (AvgIpc) is 2.90. The van der Waals surface area contributed by atoms with Gasteiger partial charge in [-0.15, -0.1) is 0 Å². The Morgan fingerprint density at radius 2 is 1.71 bits per heavy atom. The summed E-state index contributed by atoms with van der Waals surface area (Å²) in [5, 5.41) is 3.97. The van der Waals surface area contributed by atoms with E-state index in [9.17, 15) is 0 Å². The van der Waals surface area contributed by atoms with Gasteiger partial charge in [0.2, 0.25) is 0 Å². The highest BCUT2D eigenvalue weighted by Gasteiger charge is 2.19. The summed E-state index contributed by atoms with van der Waals surface area (Å²) in [5.41, 5.74) is 6.54. The molecule has 0 atom stereocenters. The molecule has 0 saturated heterocycles. The molecule has 0 spiro atoms. The summed E-state index contributed by atoms with van der Waals surface area (Å²) in [6.45, 7) is 0. The standard InChI is InChI=1S/C20H13N/c1-2-6-16-13(5-1)9-14-10-19-15(11-18(14)16)12-21-20-8-4-3-7-17(19)20/h1-10,12H,11H2. The van der Waals surface area contributed by atoms with Crippen molar-refractivity contribution in [3.63, 3.8) is 0 Å². The molecule has 1 heterocycles. The number of fused-ring (bicyclic) bond motifs is 5. The van der Waals surface area contributed by atoms with E-state index in [1.807, 2.05) is 12.3 Å². The van der Waals surface area contributed by atoms with Gasteiger partial charge in [-0.2, -0.15) is 0 Å². The van der Waals surface area contributed by atoms with Crippen molar-refractivity contribution in [1.29, 1.82) is 0 Å². The molecule has 0 amide bonds. The van der Waals surface area contributed by atoms with Gasteiger partial charge in [-0.1, -0.05) is 42.5 Å². The first-order valence-electron chi connectivity index (χ1n) is 7.29. The van der Waals surface area contributed by atoms with E-state index in [0.717, 1.165) is 11.9 Å². The maximum atomic E-state index is 4.61. The van der Waals surface area contributed by atoms with Crippen LogP contribution in [0.5, 0.6) is 0 Å². The number of pyridine rings is 1. The Kier molecular flexibility index (Phi) is 2.06. The van der Waals surface area contributed by atoms with E-state index in [1.54, 1.807) is 0 Å². The van der Waals surface area contributed by atoms with Crippen LogP contribution in [-0.4, -0.2) is 4.98 Å². The van der Waals surface area contributed by atoms with Crippen LogP contribution in [0, 0.1) is 0 Å². The van der Waals surface area contributed by atoms with Crippen molar-refractivity contribution in [2.24, 2.45) is 0 Å². The molecular weight excluding hydrogens is 254 g/mol. The van der Waals surface area contributed by atoms with E-state index in [2.05, 4.69) is 59.6 Å². The first-order valence-corrected chi connectivity index (χ1v) is 7.29. The highest BCUT2D eigenvalue weighted by Crippen LogP contribution is 2.33. The molecule has 3 aromatic rings. The third-order valence-corrected chi connectivity index (χ3v) is 4.51. The topological polar surface area (TPSA) is 12.9 Å². The molecule has 0 radical (unpaired) electrons. The second-order valence-corrected chi connectivity index (χ2v) is 5.70. The number of para-hydroxylation sites is 1. The summed E-state index contributed by atoms with van der Waals surface area (Å²) in [6, 6.07) is 17.0. The molecule has 1 nitrogen and oxygen atoms in total. The van der Waals surface area contributed by atoms with Gasteiger partial charge in [0, 0.05) is 18.0 Å². The minimum Gasteiger partial charge on any atom is -0.256 e. The second-order valence-electron chi connectivity index (χ2n) is 5.70. The summed E-state index contributed by atoms with van der Waals surface area (Å²) in [5.74, 6) is 0. The quantitative estimate of drug-likeness (QED) is 0.610. The van der Waals surface area contributed by atoms with Crippen molar-refractivity contribution in [2.45, 2.75) is 6.42 Å². The van der Waals surface area contributed by atoms with Crippen molar-refractivity contribution >= 4 is 28.6 Å². The molecule has 2 aliphatic carbocycles. The van der Waals surface area contributed by atoms with Gasteiger partial charge >= 0.3 is 0 Å². The molecule has 21 heavy (non-hydrogen) atoms. The van der Waals surface area contributed by atoms with E-state index < -0.39 is 0 Å². The van der Waals surface area contributed by atoms with Crippen molar-refractivity contribution in [3.05, 3.63) is 81.9 Å². The number of nitrogens with zero attached hydrogens (tertiary/aromatic N) is 1. The average molecular weight is 267 g/mol. The van der Waals surface area contributed by atoms with Crippen LogP contribution in [0.1, 0.15) is 11.1 Å². The Labute approximate surface area is 122 Å². The summed E-state index contributed by atoms with van der Waals surface area (Å²) in [6.07, 6.45) is 7.66. The summed E-state index contributed by atoms with van der Waals surface area (Å²) >= 11 is 0. The van der Waals surface area contributed by atoms with Gasteiger partial charge in [-0.05, 0) is 50.9 Å². The predicted molar refractivity (Wildman–Crippen MR) is 87.0 cm³/mol. The summed E-state index contributed by atoms with van der Waals surface area (Å²) in [7, 11) is 0. The molecule has 98 valence electrons. The first kappa shape index (κ1) is 11.0. The maximum Gasteiger partial charge on any atom is 0.0708 e. The SMILES string of the molecule is C1=C2C=c3ccccc3=C2Cc2cnc3ccccc3c21. The normalized spacial score (nSPS) is 15.0. The maximum absolute atomic E-state index is 4.61. The van der Waals surface area contributed by atoms with Crippen molar-refractivity contribution in [2.75, 3.05) is 0 Å². The zero-order chi connectivity index (χ0) is 13.8. The fraction of sp³-hybridized carbons (Fsp3) is 0.0500. The third-order valence-electron chi connectivity index (χ3n) is 4.51. The van der Waals surface area contributed by atoms with Gasteiger partial charge in [-0.25, -0.2) is 0 Å². The van der Waals surface area contributed by atoms with Crippen LogP contribution in [0.15, 0.2) is 60.3 Å². The van der Waals surface area contributed by atoms with Crippen LogP contribution in [0.4, 0.5) is 0 Å². The van der Waals surface area contributed by atoms with Gasteiger partial charge in [-0.3, -0.25) is 4.98 Å². The second kappa shape index (κ2) is 3.92. The number of aromatic nitrogens is 1. The smallest absolute Gasteiger partial charge is 0.0708 e. The number of hydrogen-bond acceptors (Lipinski definition) is 1. The Hall–Kier alpha value is -2.67. The molecule has 5 rings (SSSR count). The van der Waals surface area contributed by atoms with Gasteiger partial charge in [0.25, 0.3) is 0 Å². The van der Waals surface area contributed by atoms with Gasteiger partial charge in [0.05, 0.1) is 5.52 Å². The Morgan fingerprint density at radius 3 is 2.71 bits per heavy atom. The first-order chi connectivity index (χ1) is 10.4. The molecule has 0 N–H and O–H groups in total. The molecule has 1 heteroatoms. The van der Waals surface area contributed by atoms with Crippen LogP contribution in [-0.2, 0) is 6.42 Å². The Morgan fingerprint density at radius 1 is 0.857 bits per heavy atom. The Balaban J connectivity index is 1.87. The van der Waals surface area contributed by atoms with E-state index in [4.69, 9.17) is 0 Å². The lowest BCUT2D eigenvalue weighted by Crippen LogP contribution is -2.22. The number of rotatable bonds is 0. The van der Waals surface area contributed by atoms with Crippen LogP contribution >= 0.6 is 0 Å². The van der Waals surface area contributed by atoms with Gasteiger partial charge in [0.15, 0.2) is 0 Å². The highest BCUT2D eigenvalue weighted by molar-refractivity contribution is 5.99. The van der Waals surface area contributed by atoms with Crippen molar-refractivity contribution < 1.29 is 0 Å². The molecule has 1 aromatic heterocycles. The molecule has 2 aliphatic rings. The molecule has 0 bridgehead atoms. The third kappa shape index (κ3) is 1.49. The minimum atomic E-state index is 0.979. The fourth-order valence-electron chi connectivity index (χ4n) is 3.50.